The van der Waals surface area contributed by atoms with Crippen LogP contribution in [0.2, 0.25) is 0 Å². The maximum atomic E-state index is 12.7. The summed E-state index contributed by atoms with van der Waals surface area (Å²) in [4.78, 5) is 24.2. The fraction of sp³-hybridized carbons (Fsp3) is 0.455. The van der Waals surface area contributed by atoms with Crippen LogP contribution in [0.3, 0.4) is 0 Å². The number of rotatable bonds is 3. The van der Waals surface area contributed by atoms with Gasteiger partial charge in [0.2, 0.25) is 5.91 Å². The second kappa shape index (κ2) is 8.28. The van der Waals surface area contributed by atoms with Gasteiger partial charge in [-0.1, -0.05) is 36.4 Å². The van der Waals surface area contributed by atoms with Crippen LogP contribution in [0.15, 0.2) is 48.6 Å². The molecule has 0 radical (unpaired) electrons. The van der Waals surface area contributed by atoms with Crippen LogP contribution in [0.25, 0.3) is 0 Å². The van der Waals surface area contributed by atoms with Gasteiger partial charge in [0.05, 0.1) is 0 Å². The van der Waals surface area contributed by atoms with E-state index in [9.17, 15) is 9.59 Å². The van der Waals surface area contributed by atoms with E-state index in [1.807, 2.05) is 12.1 Å². The van der Waals surface area contributed by atoms with Crippen LogP contribution in [-0.2, 0) is 4.79 Å². The lowest BCUT2D eigenvalue weighted by Gasteiger charge is -2.06. The summed E-state index contributed by atoms with van der Waals surface area (Å²) in [5.41, 5.74) is 1.36. The maximum Gasteiger partial charge on any atom is 0.228 e. The molecule has 1 amide bonds. The van der Waals surface area contributed by atoms with E-state index in [2.05, 4.69) is 29.6 Å². The van der Waals surface area contributed by atoms with Crippen LogP contribution in [-0.4, -0.2) is 11.7 Å². The van der Waals surface area contributed by atoms with E-state index in [-0.39, 0.29) is 17.6 Å². The number of Topliss-reactive ketones (excluding diaryl/α,β-unsaturated/α-hetero) is 1. The first kappa shape index (κ1) is 17.7. The van der Waals surface area contributed by atoms with Crippen LogP contribution in [0.1, 0.15) is 55.8 Å². The van der Waals surface area contributed by atoms with E-state index in [0.29, 0.717) is 17.4 Å². The van der Waals surface area contributed by atoms with Gasteiger partial charge < -0.3 is 5.32 Å². The third-order valence-electron chi connectivity index (χ3n) is 5.34. The number of nitrogens with one attached hydrogen (secondary N) is 1. The van der Waals surface area contributed by atoms with Gasteiger partial charge >= 0.3 is 0 Å². The molecule has 1 aromatic rings. The molecule has 3 nitrogen and oxygen atoms in total. The van der Waals surface area contributed by atoms with Gasteiger partial charge in [-0.2, -0.15) is 0 Å². The normalized spacial score (nSPS) is 28.6. The molecule has 1 aromatic carbocycles. The third-order valence-corrected chi connectivity index (χ3v) is 5.34. The smallest absolute Gasteiger partial charge is 0.228 e. The maximum absolute atomic E-state index is 12.7. The average molecular weight is 337 g/mol. The second-order valence-corrected chi connectivity index (χ2v) is 7.15. The highest BCUT2D eigenvalue weighted by atomic mass is 16.2. The number of amides is 1. The lowest BCUT2D eigenvalue weighted by molar-refractivity contribution is -0.117. The van der Waals surface area contributed by atoms with Crippen molar-refractivity contribution in [1.29, 1.82) is 0 Å². The number of carbonyl (C=O) groups excluding carboxylic acids is 2. The van der Waals surface area contributed by atoms with E-state index in [0.717, 1.165) is 44.2 Å². The Morgan fingerprint density at radius 3 is 2.12 bits per heavy atom. The summed E-state index contributed by atoms with van der Waals surface area (Å²) in [5.74, 6) is 1.23. The van der Waals surface area contributed by atoms with Crippen LogP contribution in [0, 0.1) is 17.8 Å². The summed E-state index contributed by atoms with van der Waals surface area (Å²) in [6, 6.07) is 7.21. The molecule has 2 unspecified atom stereocenters. The molecule has 0 saturated heterocycles. The Morgan fingerprint density at radius 2 is 1.52 bits per heavy atom. The van der Waals surface area contributed by atoms with Gasteiger partial charge in [0.1, 0.15) is 0 Å². The van der Waals surface area contributed by atoms with Gasteiger partial charge in [0, 0.05) is 17.2 Å². The third kappa shape index (κ3) is 4.68. The summed E-state index contributed by atoms with van der Waals surface area (Å²) < 4.78 is 0. The molecular weight excluding hydrogens is 310 g/mol. The van der Waals surface area contributed by atoms with Crippen LogP contribution in [0.5, 0.6) is 0 Å². The Morgan fingerprint density at radius 1 is 0.920 bits per heavy atom. The predicted octanol–water partition coefficient (Wildman–Crippen LogP) is 5.16. The molecule has 0 bridgehead atoms. The Labute approximate surface area is 150 Å². The molecule has 2 atom stereocenters. The van der Waals surface area contributed by atoms with E-state index in [1.54, 1.807) is 19.1 Å². The molecular formula is C22H27NO2. The van der Waals surface area contributed by atoms with Gasteiger partial charge in [0.15, 0.2) is 5.78 Å². The first-order chi connectivity index (χ1) is 12.2. The lowest BCUT2D eigenvalue weighted by atomic mass is 10.1. The van der Waals surface area contributed by atoms with E-state index in [4.69, 9.17) is 0 Å². The van der Waals surface area contributed by atoms with Crippen molar-refractivity contribution >= 4 is 17.4 Å². The van der Waals surface area contributed by atoms with Crippen molar-refractivity contribution in [2.24, 2.45) is 17.8 Å². The molecule has 0 aromatic heterocycles. The van der Waals surface area contributed by atoms with Crippen LogP contribution < -0.4 is 5.32 Å². The van der Waals surface area contributed by atoms with Gasteiger partial charge in [-0.3, -0.25) is 9.59 Å². The minimum atomic E-state index is 0.0161. The molecule has 0 aliphatic heterocycles. The quantitative estimate of drug-likeness (QED) is 0.612. The van der Waals surface area contributed by atoms with Crippen molar-refractivity contribution in [3.05, 3.63) is 54.1 Å². The predicted molar refractivity (Wildman–Crippen MR) is 102 cm³/mol. The first-order valence-corrected chi connectivity index (χ1v) is 9.38. The van der Waals surface area contributed by atoms with Gasteiger partial charge in [0.25, 0.3) is 0 Å². The Bertz CT molecular complexity index is 665. The highest BCUT2D eigenvalue weighted by Crippen LogP contribution is 2.52. The second-order valence-electron chi connectivity index (χ2n) is 7.15. The van der Waals surface area contributed by atoms with Crippen molar-refractivity contribution < 1.29 is 9.59 Å². The number of hydrogen-bond acceptors (Lipinski definition) is 2. The summed E-state index contributed by atoms with van der Waals surface area (Å²) in [5, 5.41) is 3.03. The lowest BCUT2D eigenvalue weighted by Crippen LogP contribution is -2.16. The number of benzene rings is 1. The zero-order valence-electron chi connectivity index (χ0n) is 14.9. The topological polar surface area (TPSA) is 46.2 Å². The van der Waals surface area contributed by atoms with Gasteiger partial charge in [-0.15, -0.1) is 0 Å². The summed E-state index contributed by atoms with van der Waals surface area (Å²) >= 11 is 0. The molecule has 3 rings (SSSR count). The summed E-state index contributed by atoms with van der Waals surface area (Å²) in [6.07, 6.45) is 15.6. The average Bonchev–Trinajstić information content (AvgIpc) is 3.27. The Balaban J connectivity index is 1.63. The monoisotopic (exact) mass is 337 g/mol. The standard InChI is InChI=1S/C22H27NO2/c1-16(24)17-11-10-12-18(15-17)23-22(25)21-19-13-8-6-4-2-3-5-7-9-14-20(19)21/h4-7,10-12,15,19-21H,2-3,8-9,13-14H2,1H3,(H,23,25)/b6-4-,7-5-. The zero-order valence-corrected chi connectivity index (χ0v) is 14.9. The van der Waals surface area contributed by atoms with Crippen molar-refractivity contribution in [2.75, 3.05) is 5.32 Å². The minimum Gasteiger partial charge on any atom is -0.326 e. The van der Waals surface area contributed by atoms with Gasteiger partial charge in [-0.05, 0) is 69.4 Å². The molecule has 0 spiro atoms. The van der Waals surface area contributed by atoms with Crippen molar-refractivity contribution in [1.82, 2.24) is 0 Å². The minimum absolute atomic E-state index is 0.0161. The van der Waals surface area contributed by atoms with Crippen molar-refractivity contribution in [3.8, 4) is 0 Å². The van der Waals surface area contributed by atoms with E-state index < -0.39 is 0 Å². The number of allylic oxidation sites excluding steroid dienone is 4. The molecule has 25 heavy (non-hydrogen) atoms. The summed E-state index contributed by atoms with van der Waals surface area (Å²) in [7, 11) is 0. The molecule has 0 heterocycles. The summed E-state index contributed by atoms with van der Waals surface area (Å²) in [6.45, 7) is 1.54. The van der Waals surface area contributed by atoms with Crippen molar-refractivity contribution in [2.45, 2.75) is 45.4 Å². The highest BCUT2D eigenvalue weighted by Gasteiger charge is 2.52. The molecule has 132 valence electrons. The number of ketones is 1. The number of fused-ring (bicyclic) bond motifs is 1. The van der Waals surface area contributed by atoms with Crippen molar-refractivity contribution in [3.63, 3.8) is 0 Å². The SMILES string of the molecule is CC(=O)c1cccc(NC(=O)C2C3CC/C=C\CC/C=C\CCC32)c1. The fourth-order valence-electron chi connectivity index (χ4n) is 3.90. The fourth-order valence-corrected chi connectivity index (χ4v) is 3.90. The Kier molecular flexibility index (Phi) is 5.85. The molecule has 1 N–H and O–H groups in total. The molecule has 2 aliphatic rings. The first-order valence-electron chi connectivity index (χ1n) is 9.38. The van der Waals surface area contributed by atoms with Crippen LogP contribution in [0.4, 0.5) is 5.69 Å². The molecule has 2 aliphatic carbocycles. The Hall–Kier alpha value is -2.16. The number of anilines is 1. The highest BCUT2D eigenvalue weighted by molar-refractivity contribution is 5.98. The molecule has 1 fully saturated rings. The number of carbonyl (C=O) groups is 2. The van der Waals surface area contributed by atoms with Gasteiger partial charge in [-0.25, -0.2) is 0 Å². The van der Waals surface area contributed by atoms with E-state index in [1.165, 1.54) is 0 Å². The van der Waals surface area contributed by atoms with E-state index >= 15 is 0 Å². The largest absolute Gasteiger partial charge is 0.326 e. The molecule has 3 heteroatoms. The number of hydrogen-bond donors (Lipinski definition) is 1. The van der Waals surface area contributed by atoms with Crippen LogP contribution >= 0.6 is 0 Å². The zero-order chi connectivity index (χ0) is 17.6. The molecule has 1 saturated carbocycles.